The molecular formula is C12H9ClN2OS. The Bertz CT molecular complexity index is 533. The number of aldehydes is 1. The fraction of sp³-hybridized carbons (Fsp3) is 0.0833. The Hall–Kier alpha value is -1.39. The van der Waals surface area contributed by atoms with E-state index in [0.717, 1.165) is 11.2 Å². The quantitative estimate of drug-likeness (QED) is 0.628. The van der Waals surface area contributed by atoms with E-state index in [1.54, 1.807) is 24.0 Å². The lowest BCUT2D eigenvalue weighted by Crippen LogP contribution is -1.95. The van der Waals surface area contributed by atoms with Crippen LogP contribution in [0.1, 0.15) is 16.3 Å². The predicted octanol–water partition coefficient (Wildman–Crippen LogP) is 3.23. The number of carbonyl (C=O) groups is 1. The number of thioether (sulfide) groups is 1. The average Bonchev–Trinajstić information content (AvgIpc) is 2.37. The highest BCUT2D eigenvalue weighted by atomic mass is 35.5. The van der Waals surface area contributed by atoms with Crippen molar-refractivity contribution in [1.29, 1.82) is 0 Å². The van der Waals surface area contributed by atoms with Gasteiger partial charge in [-0.1, -0.05) is 17.7 Å². The van der Waals surface area contributed by atoms with Crippen molar-refractivity contribution in [3.63, 3.8) is 0 Å². The first kappa shape index (κ1) is 12.1. The number of hydrogen-bond acceptors (Lipinski definition) is 4. The molecule has 0 bridgehead atoms. The first-order valence-corrected chi connectivity index (χ1v) is 6.30. The largest absolute Gasteiger partial charge is 0.296 e. The van der Waals surface area contributed by atoms with Crippen LogP contribution in [0.25, 0.3) is 0 Å². The summed E-state index contributed by atoms with van der Waals surface area (Å²) in [6.45, 7) is 0. The second kappa shape index (κ2) is 5.80. The summed E-state index contributed by atoms with van der Waals surface area (Å²) < 4.78 is 0. The molecule has 0 atom stereocenters. The van der Waals surface area contributed by atoms with Gasteiger partial charge in [-0.25, -0.2) is 9.97 Å². The minimum absolute atomic E-state index is 0.404. The van der Waals surface area contributed by atoms with Gasteiger partial charge in [-0.15, -0.1) is 11.8 Å². The molecule has 0 aliphatic rings. The Morgan fingerprint density at radius 1 is 1.35 bits per heavy atom. The highest BCUT2D eigenvalue weighted by Gasteiger charge is 2.01. The summed E-state index contributed by atoms with van der Waals surface area (Å²) in [5.41, 5.74) is 0.404. The zero-order valence-electron chi connectivity index (χ0n) is 8.84. The van der Waals surface area contributed by atoms with Crippen molar-refractivity contribution in [2.24, 2.45) is 0 Å². The molecule has 17 heavy (non-hydrogen) atoms. The van der Waals surface area contributed by atoms with Crippen LogP contribution in [0.4, 0.5) is 0 Å². The van der Waals surface area contributed by atoms with Crippen LogP contribution in [0.2, 0.25) is 5.02 Å². The van der Waals surface area contributed by atoms with Gasteiger partial charge in [-0.3, -0.25) is 4.79 Å². The van der Waals surface area contributed by atoms with Crippen molar-refractivity contribution in [3.05, 3.63) is 53.1 Å². The van der Waals surface area contributed by atoms with E-state index in [1.807, 2.05) is 24.3 Å². The number of aromatic nitrogens is 2. The number of nitrogens with zero attached hydrogens (tertiary/aromatic N) is 2. The lowest BCUT2D eigenvalue weighted by atomic mass is 10.4. The summed E-state index contributed by atoms with van der Waals surface area (Å²) in [4.78, 5) is 19.8. The summed E-state index contributed by atoms with van der Waals surface area (Å²) in [6.07, 6.45) is 2.31. The molecule has 0 unspecified atom stereocenters. The molecule has 0 saturated carbocycles. The van der Waals surface area contributed by atoms with E-state index in [2.05, 4.69) is 9.97 Å². The molecule has 0 saturated heterocycles. The Morgan fingerprint density at radius 3 is 3.00 bits per heavy atom. The standard InChI is InChI=1S/C12H9ClN2OS/c13-9-2-1-3-11(6-9)17-8-12-14-5-4-10(7-16)15-12/h1-7H,8H2. The molecule has 0 N–H and O–H groups in total. The zero-order valence-corrected chi connectivity index (χ0v) is 10.4. The number of rotatable bonds is 4. The number of carbonyl (C=O) groups excluding carboxylic acids is 1. The summed E-state index contributed by atoms with van der Waals surface area (Å²) in [6, 6.07) is 9.17. The normalized spacial score (nSPS) is 10.2. The molecule has 0 spiro atoms. The van der Waals surface area contributed by atoms with Crippen molar-refractivity contribution in [2.45, 2.75) is 10.6 Å². The minimum atomic E-state index is 0.404. The van der Waals surface area contributed by atoms with Crippen molar-refractivity contribution in [3.8, 4) is 0 Å². The van der Waals surface area contributed by atoms with Crippen LogP contribution in [-0.4, -0.2) is 16.3 Å². The molecule has 0 amide bonds. The molecule has 2 aromatic rings. The number of halogens is 1. The van der Waals surface area contributed by atoms with Crippen molar-refractivity contribution in [2.75, 3.05) is 0 Å². The third-order valence-corrected chi connectivity index (χ3v) is 3.24. The lowest BCUT2D eigenvalue weighted by molar-refractivity contribution is 0.111. The lowest BCUT2D eigenvalue weighted by Gasteiger charge is -2.01. The van der Waals surface area contributed by atoms with E-state index in [9.17, 15) is 4.79 Å². The molecule has 0 fully saturated rings. The van der Waals surface area contributed by atoms with E-state index in [-0.39, 0.29) is 0 Å². The van der Waals surface area contributed by atoms with Gasteiger partial charge in [0.1, 0.15) is 11.5 Å². The Labute approximate surface area is 108 Å². The van der Waals surface area contributed by atoms with Crippen molar-refractivity contribution in [1.82, 2.24) is 9.97 Å². The molecule has 86 valence electrons. The molecular weight excluding hydrogens is 256 g/mol. The van der Waals surface area contributed by atoms with E-state index < -0.39 is 0 Å². The highest BCUT2D eigenvalue weighted by Crippen LogP contribution is 2.23. The topological polar surface area (TPSA) is 42.9 Å². The van der Waals surface area contributed by atoms with Gasteiger partial charge in [0.15, 0.2) is 6.29 Å². The van der Waals surface area contributed by atoms with Gasteiger partial charge in [0.25, 0.3) is 0 Å². The summed E-state index contributed by atoms with van der Waals surface area (Å²) in [5.74, 6) is 1.25. The van der Waals surface area contributed by atoms with Gasteiger partial charge in [-0.05, 0) is 24.3 Å². The monoisotopic (exact) mass is 264 g/mol. The maximum Gasteiger partial charge on any atom is 0.168 e. The highest BCUT2D eigenvalue weighted by molar-refractivity contribution is 7.98. The maximum atomic E-state index is 10.6. The van der Waals surface area contributed by atoms with E-state index >= 15 is 0 Å². The van der Waals surface area contributed by atoms with Crippen LogP contribution in [0.15, 0.2) is 41.4 Å². The van der Waals surface area contributed by atoms with Gasteiger partial charge in [0.2, 0.25) is 0 Å². The fourth-order valence-corrected chi connectivity index (χ4v) is 2.33. The molecule has 2 rings (SSSR count). The smallest absolute Gasteiger partial charge is 0.168 e. The van der Waals surface area contributed by atoms with Gasteiger partial charge in [0, 0.05) is 16.1 Å². The molecule has 1 aromatic heterocycles. The zero-order chi connectivity index (χ0) is 12.1. The molecule has 0 aliphatic heterocycles. The molecule has 0 radical (unpaired) electrons. The molecule has 1 heterocycles. The first-order valence-electron chi connectivity index (χ1n) is 4.93. The van der Waals surface area contributed by atoms with Gasteiger partial charge >= 0.3 is 0 Å². The number of benzene rings is 1. The molecule has 5 heteroatoms. The fourth-order valence-electron chi connectivity index (χ4n) is 1.25. The van der Waals surface area contributed by atoms with Gasteiger partial charge in [-0.2, -0.15) is 0 Å². The molecule has 0 aliphatic carbocycles. The van der Waals surface area contributed by atoms with Crippen molar-refractivity contribution >= 4 is 29.6 Å². The second-order valence-electron chi connectivity index (χ2n) is 3.26. The van der Waals surface area contributed by atoms with E-state index in [0.29, 0.717) is 22.3 Å². The van der Waals surface area contributed by atoms with Gasteiger partial charge < -0.3 is 0 Å². The second-order valence-corrected chi connectivity index (χ2v) is 4.75. The SMILES string of the molecule is O=Cc1ccnc(CSc2cccc(Cl)c2)n1. The molecule has 3 nitrogen and oxygen atoms in total. The predicted molar refractivity (Wildman–Crippen MR) is 68.4 cm³/mol. The first-order chi connectivity index (χ1) is 8.28. The van der Waals surface area contributed by atoms with Crippen LogP contribution >= 0.6 is 23.4 Å². The summed E-state index contributed by atoms with van der Waals surface area (Å²) in [5, 5.41) is 0.706. The molecule has 1 aromatic carbocycles. The van der Waals surface area contributed by atoms with Crippen LogP contribution in [0, 0.1) is 0 Å². The van der Waals surface area contributed by atoms with Crippen LogP contribution in [-0.2, 0) is 5.75 Å². The summed E-state index contributed by atoms with van der Waals surface area (Å²) >= 11 is 7.46. The number of hydrogen-bond donors (Lipinski definition) is 0. The van der Waals surface area contributed by atoms with Crippen LogP contribution in [0.5, 0.6) is 0 Å². The van der Waals surface area contributed by atoms with E-state index in [4.69, 9.17) is 11.6 Å². The third kappa shape index (κ3) is 3.54. The Kier molecular flexibility index (Phi) is 4.12. The Balaban J connectivity index is 2.04. The Morgan fingerprint density at radius 2 is 2.24 bits per heavy atom. The third-order valence-electron chi connectivity index (χ3n) is 2.01. The van der Waals surface area contributed by atoms with E-state index in [1.165, 1.54) is 0 Å². The van der Waals surface area contributed by atoms with Gasteiger partial charge in [0.05, 0.1) is 5.75 Å². The van der Waals surface area contributed by atoms with Crippen molar-refractivity contribution < 1.29 is 4.79 Å². The summed E-state index contributed by atoms with van der Waals surface area (Å²) in [7, 11) is 0. The maximum absolute atomic E-state index is 10.6. The van der Waals surface area contributed by atoms with Crippen LogP contribution < -0.4 is 0 Å². The minimum Gasteiger partial charge on any atom is -0.296 e. The van der Waals surface area contributed by atoms with Crippen LogP contribution in [0.3, 0.4) is 0 Å². The average molecular weight is 265 g/mol.